The molecule has 1 fully saturated rings. The Balaban J connectivity index is 1.77. The van der Waals surface area contributed by atoms with E-state index in [9.17, 15) is 14.0 Å². The summed E-state index contributed by atoms with van der Waals surface area (Å²) < 4.78 is 28.1. The third-order valence-corrected chi connectivity index (χ3v) is 6.30. The van der Waals surface area contributed by atoms with Crippen molar-refractivity contribution in [1.82, 2.24) is 14.8 Å². The van der Waals surface area contributed by atoms with Crippen LogP contribution < -0.4 is 5.32 Å². The number of nitrogens with zero attached hydrogens (tertiary/aromatic N) is 3. The highest BCUT2D eigenvalue weighted by Crippen LogP contribution is 2.33. The molecule has 1 atom stereocenters. The summed E-state index contributed by atoms with van der Waals surface area (Å²) in [6.07, 6.45) is 4.47. The predicted molar refractivity (Wildman–Crippen MR) is 128 cm³/mol. The summed E-state index contributed by atoms with van der Waals surface area (Å²) in [4.78, 5) is 30.4. The number of ether oxygens (including phenoxy) is 2. The number of hydrogen-bond acceptors (Lipinski definition) is 6. The molecule has 8 nitrogen and oxygen atoms in total. The van der Waals surface area contributed by atoms with Crippen LogP contribution >= 0.6 is 15.9 Å². The first-order chi connectivity index (χ1) is 16.1. The Kier molecular flexibility index (Phi) is 6.73. The number of carbonyl (C=O) groups excluding carboxylic acids is 2. The molecule has 1 N–H and O–H groups in total. The van der Waals surface area contributed by atoms with Crippen LogP contribution in [0.25, 0.3) is 10.9 Å². The molecule has 1 aliphatic heterocycles. The molecule has 10 heteroatoms. The number of pyridine rings is 1. The molecule has 0 saturated carbocycles. The fraction of sp³-hybridized carbons (Fsp3) is 0.417. The number of nitrogens with one attached hydrogen (secondary N) is 1. The third-order valence-electron chi connectivity index (χ3n) is 5.50. The first-order valence-corrected chi connectivity index (χ1v) is 11.8. The topological polar surface area (TPSA) is 95.3 Å². The minimum absolute atomic E-state index is 0.0149. The predicted octanol–water partition coefficient (Wildman–Crippen LogP) is 5.92. The number of ketones is 1. The second-order valence-corrected chi connectivity index (χ2v) is 10.0. The SMILES string of the molecule is Cc1c(Br)cnc(C(=O)c2ccc(F)c3c2cnn3C2CCCCO2)c1NC(=O)OC(C)(C)C. The Morgan fingerprint density at radius 3 is 2.71 bits per heavy atom. The molecular formula is C24H26BrFN4O4. The number of amides is 1. The number of anilines is 1. The lowest BCUT2D eigenvalue weighted by Gasteiger charge is -2.23. The summed E-state index contributed by atoms with van der Waals surface area (Å²) in [6, 6.07) is 2.65. The van der Waals surface area contributed by atoms with Crippen LogP contribution in [0, 0.1) is 12.7 Å². The largest absolute Gasteiger partial charge is 0.444 e. The molecule has 2 aromatic heterocycles. The van der Waals surface area contributed by atoms with Gasteiger partial charge in [-0.25, -0.2) is 18.9 Å². The van der Waals surface area contributed by atoms with Gasteiger partial charge in [0.25, 0.3) is 0 Å². The average Bonchev–Trinajstić information content (AvgIpc) is 3.22. The normalized spacial score (nSPS) is 16.5. The minimum Gasteiger partial charge on any atom is -0.444 e. The van der Waals surface area contributed by atoms with Gasteiger partial charge in [-0.1, -0.05) is 0 Å². The van der Waals surface area contributed by atoms with E-state index in [2.05, 4.69) is 31.3 Å². The molecule has 3 heterocycles. The number of fused-ring (bicyclic) bond motifs is 1. The van der Waals surface area contributed by atoms with Gasteiger partial charge >= 0.3 is 6.09 Å². The molecular weight excluding hydrogens is 507 g/mol. The Hall–Kier alpha value is -2.85. The van der Waals surface area contributed by atoms with Gasteiger partial charge < -0.3 is 9.47 Å². The van der Waals surface area contributed by atoms with E-state index in [1.54, 1.807) is 27.7 Å². The number of rotatable bonds is 4. The van der Waals surface area contributed by atoms with Gasteiger partial charge in [-0.15, -0.1) is 0 Å². The van der Waals surface area contributed by atoms with E-state index in [-0.39, 0.29) is 28.7 Å². The number of aromatic nitrogens is 3. The standard InChI is InChI=1S/C24H26BrFN4O4/c1-13-16(25)12-27-20(19(13)29-23(32)34-24(2,3)4)22(31)14-8-9-17(26)21-15(14)11-28-30(21)18-7-5-6-10-33-18/h8-9,11-12,18H,5-7,10H2,1-4H3,(H,29,32). The Labute approximate surface area is 205 Å². The maximum absolute atomic E-state index is 14.9. The van der Waals surface area contributed by atoms with Crippen LogP contribution in [0.3, 0.4) is 0 Å². The molecule has 1 amide bonds. The second kappa shape index (κ2) is 9.42. The summed E-state index contributed by atoms with van der Waals surface area (Å²) in [5.41, 5.74) is 0.540. The quantitative estimate of drug-likeness (QED) is 0.419. The highest BCUT2D eigenvalue weighted by molar-refractivity contribution is 9.10. The number of carbonyl (C=O) groups is 2. The van der Waals surface area contributed by atoms with Crippen LogP contribution in [0.4, 0.5) is 14.9 Å². The third kappa shape index (κ3) is 4.83. The smallest absolute Gasteiger partial charge is 0.412 e. The summed E-state index contributed by atoms with van der Waals surface area (Å²) in [5.74, 6) is -0.971. The summed E-state index contributed by atoms with van der Waals surface area (Å²) >= 11 is 3.39. The fourth-order valence-electron chi connectivity index (χ4n) is 3.89. The van der Waals surface area contributed by atoms with Crippen molar-refractivity contribution in [3.05, 3.63) is 51.6 Å². The molecule has 180 valence electrons. The fourth-order valence-corrected chi connectivity index (χ4v) is 4.19. The summed E-state index contributed by atoms with van der Waals surface area (Å²) in [5, 5.41) is 7.35. The lowest BCUT2D eigenvalue weighted by molar-refractivity contribution is -0.0369. The van der Waals surface area contributed by atoms with Gasteiger partial charge in [0, 0.05) is 28.2 Å². The van der Waals surface area contributed by atoms with Crippen molar-refractivity contribution in [2.45, 2.75) is 58.8 Å². The molecule has 0 radical (unpaired) electrons. The van der Waals surface area contributed by atoms with Crippen molar-refractivity contribution < 1.29 is 23.5 Å². The number of hydrogen-bond donors (Lipinski definition) is 1. The van der Waals surface area contributed by atoms with Gasteiger partial charge in [-0.2, -0.15) is 5.10 Å². The molecule has 1 saturated heterocycles. The average molecular weight is 533 g/mol. The molecule has 0 spiro atoms. The van der Waals surface area contributed by atoms with Crippen LogP contribution in [0.2, 0.25) is 0 Å². The van der Waals surface area contributed by atoms with Gasteiger partial charge in [-0.05, 0) is 80.6 Å². The van der Waals surface area contributed by atoms with E-state index < -0.39 is 23.3 Å². The molecule has 1 unspecified atom stereocenters. The van der Waals surface area contributed by atoms with Crippen molar-refractivity contribution in [2.24, 2.45) is 0 Å². The van der Waals surface area contributed by atoms with E-state index in [1.807, 2.05) is 0 Å². The van der Waals surface area contributed by atoms with Crippen LogP contribution in [0.15, 0.2) is 29.0 Å². The van der Waals surface area contributed by atoms with Crippen LogP contribution in [-0.2, 0) is 9.47 Å². The summed E-state index contributed by atoms with van der Waals surface area (Å²) in [7, 11) is 0. The lowest BCUT2D eigenvalue weighted by Crippen LogP contribution is -2.28. The summed E-state index contributed by atoms with van der Waals surface area (Å²) in [6.45, 7) is 7.55. The van der Waals surface area contributed by atoms with Crippen molar-refractivity contribution in [3.8, 4) is 0 Å². The highest BCUT2D eigenvalue weighted by atomic mass is 79.9. The van der Waals surface area contributed by atoms with Crippen molar-refractivity contribution >= 4 is 44.4 Å². The monoisotopic (exact) mass is 532 g/mol. The van der Waals surface area contributed by atoms with Crippen LogP contribution in [0.5, 0.6) is 0 Å². The van der Waals surface area contributed by atoms with E-state index in [0.29, 0.717) is 28.5 Å². The zero-order chi connectivity index (χ0) is 24.6. The van der Waals surface area contributed by atoms with E-state index in [1.165, 1.54) is 29.2 Å². The van der Waals surface area contributed by atoms with E-state index >= 15 is 0 Å². The molecule has 0 aliphatic carbocycles. The minimum atomic E-state index is -0.722. The van der Waals surface area contributed by atoms with Crippen LogP contribution in [-0.4, -0.2) is 38.8 Å². The lowest BCUT2D eigenvalue weighted by atomic mass is 10.0. The Morgan fingerprint density at radius 1 is 1.26 bits per heavy atom. The van der Waals surface area contributed by atoms with Crippen molar-refractivity contribution in [1.29, 1.82) is 0 Å². The van der Waals surface area contributed by atoms with Crippen molar-refractivity contribution in [3.63, 3.8) is 0 Å². The molecule has 1 aliphatic rings. The highest BCUT2D eigenvalue weighted by Gasteiger charge is 2.27. The zero-order valence-electron chi connectivity index (χ0n) is 19.4. The number of benzene rings is 1. The van der Waals surface area contributed by atoms with Crippen LogP contribution in [0.1, 0.15) is 67.9 Å². The first-order valence-electron chi connectivity index (χ1n) is 11.0. The second-order valence-electron chi connectivity index (χ2n) is 9.18. The van der Waals surface area contributed by atoms with Gasteiger partial charge in [0.2, 0.25) is 5.78 Å². The Morgan fingerprint density at radius 2 is 2.03 bits per heavy atom. The van der Waals surface area contributed by atoms with Gasteiger partial charge in [-0.3, -0.25) is 10.1 Å². The maximum Gasteiger partial charge on any atom is 0.412 e. The molecule has 3 aromatic rings. The molecule has 4 rings (SSSR count). The van der Waals surface area contributed by atoms with Gasteiger partial charge in [0.1, 0.15) is 22.6 Å². The molecule has 1 aromatic carbocycles. The number of halogens is 2. The van der Waals surface area contributed by atoms with Gasteiger partial charge in [0.05, 0.1) is 11.9 Å². The molecule has 0 bridgehead atoms. The maximum atomic E-state index is 14.9. The van der Waals surface area contributed by atoms with E-state index in [0.717, 1.165) is 12.8 Å². The van der Waals surface area contributed by atoms with Crippen molar-refractivity contribution in [2.75, 3.05) is 11.9 Å². The zero-order valence-corrected chi connectivity index (χ0v) is 21.0. The Bertz CT molecular complexity index is 1260. The first kappa shape index (κ1) is 24.3. The molecule has 34 heavy (non-hydrogen) atoms. The van der Waals surface area contributed by atoms with Gasteiger partial charge in [0.15, 0.2) is 6.23 Å². The van der Waals surface area contributed by atoms with E-state index in [4.69, 9.17) is 9.47 Å².